The first-order valence-corrected chi connectivity index (χ1v) is 9.82. The minimum absolute atomic E-state index is 0. The molecule has 1 heterocycles. The molecular formula is C18H38IN5O. The number of nitrogens with one attached hydrogen (secondary N) is 2. The molecule has 1 saturated heterocycles. The summed E-state index contributed by atoms with van der Waals surface area (Å²) in [5.41, 5.74) is 0. The van der Waals surface area contributed by atoms with Crippen molar-refractivity contribution in [2.75, 3.05) is 66.1 Å². The number of rotatable bonds is 9. The van der Waals surface area contributed by atoms with Crippen molar-refractivity contribution >= 4 is 29.9 Å². The highest BCUT2D eigenvalue weighted by atomic mass is 127. The summed E-state index contributed by atoms with van der Waals surface area (Å²) in [5, 5.41) is 6.83. The summed E-state index contributed by atoms with van der Waals surface area (Å²) in [4.78, 5) is 9.68. The average Bonchev–Trinajstić information content (AvgIpc) is 3.14. The molecule has 0 unspecified atom stereocenters. The normalized spacial score (nSPS) is 19.9. The summed E-state index contributed by atoms with van der Waals surface area (Å²) in [6.07, 6.45) is 6.64. The van der Waals surface area contributed by atoms with Crippen molar-refractivity contribution in [2.24, 2.45) is 4.99 Å². The van der Waals surface area contributed by atoms with E-state index in [1.54, 1.807) is 0 Å². The SMILES string of the molecule is CCNC(=NCCCN1CCOCC1)NCCN(C)C1CCCC1.I. The summed E-state index contributed by atoms with van der Waals surface area (Å²) < 4.78 is 5.38. The van der Waals surface area contributed by atoms with E-state index in [1.807, 2.05) is 0 Å². The van der Waals surface area contributed by atoms with Crippen molar-refractivity contribution in [3.05, 3.63) is 0 Å². The summed E-state index contributed by atoms with van der Waals surface area (Å²) in [7, 11) is 2.25. The number of guanidine groups is 1. The predicted octanol–water partition coefficient (Wildman–Crippen LogP) is 1.76. The lowest BCUT2D eigenvalue weighted by molar-refractivity contribution is 0.0377. The molecule has 6 nitrogen and oxygen atoms in total. The van der Waals surface area contributed by atoms with Gasteiger partial charge in [0.1, 0.15) is 0 Å². The van der Waals surface area contributed by atoms with Crippen LogP contribution in [-0.2, 0) is 4.74 Å². The van der Waals surface area contributed by atoms with Gasteiger partial charge in [-0.15, -0.1) is 24.0 Å². The minimum Gasteiger partial charge on any atom is -0.379 e. The molecule has 2 fully saturated rings. The summed E-state index contributed by atoms with van der Waals surface area (Å²) in [5.74, 6) is 0.958. The maximum absolute atomic E-state index is 5.38. The lowest BCUT2D eigenvalue weighted by Gasteiger charge is -2.26. The topological polar surface area (TPSA) is 52.1 Å². The van der Waals surface area contributed by atoms with Crippen LogP contribution in [0.4, 0.5) is 0 Å². The van der Waals surface area contributed by atoms with Gasteiger partial charge in [0.2, 0.25) is 0 Å². The molecule has 0 aromatic carbocycles. The van der Waals surface area contributed by atoms with E-state index >= 15 is 0 Å². The Morgan fingerprint density at radius 2 is 1.92 bits per heavy atom. The van der Waals surface area contributed by atoms with Gasteiger partial charge in [0, 0.05) is 51.9 Å². The molecule has 25 heavy (non-hydrogen) atoms. The molecule has 148 valence electrons. The third kappa shape index (κ3) is 9.40. The molecule has 7 heteroatoms. The Balaban J connectivity index is 0.00000312. The fourth-order valence-electron chi connectivity index (χ4n) is 3.53. The van der Waals surface area contributed by atoms with Gasteiger partial charge in [-0.3, -0.25) is 9.89 Å². The summed E-state index contributed by atoms with van der Waals surface area (Å²) in [6.45, 7) is 11.0. The molecule has 0 aromatic heterocycles. The zero-order chi connectivity index (χ0) is 17.0. The lowest BCUT2D eigenvalue weighted by Crippen LogP contribution is -2.42. The van der Waals surface area contributed by atoms with E-state index in [0.29, 0.717) is 0 Å². The van der Waals surface area contributed by atoms with Gasteiger partial charge in [-0.2, -0.15) is 0 Å². The van der Waals surface area contributed by atoms with Gasteiger partial charge in [-0.1, -0.05) is 12.8 Å². The van der Waals surface area contributed by atoms with E-state index in [9.17, 15) is 0 Å². The van der Waals surface area contributed by atoms with E-state index in [2.05, 4.69) is 34.4 Å². The third-order valence-corrected chi connectivity index (χ3v) is 5.06. The first-order valence-electron chi connectivity index (χ1n) is 9.82. The second-order valence-electron chi connectivity index (χ2n) is 6.91. The molecule has 0 atom stereocenters. The Morgan fingerprint density at radius 3 is 2.60 bits per heavy atom. The van der Waals surface area contributed by atoms with E-state index in [-0.39, 0.29) is 24.0 Å². The first kappa shape index (κ1) is 22.9. The number of hydrogen-bond donors (Lipinski definition) is 2. The molecule has 2 rings (SSSR count). The number of aliphatic imine (C=N–C) groups is 1. The fourth-order valence-corrected chi connectivity index (χ4v) is 3.53. The molecule has 0 spiro atoms. The van der Waals surface area contributed by atoms with Gasteiger partial charge >= 0.3 is 0 Å². The second-order valence-corrected chi connectivity index (χ2v) is 6.91. The van der Waals surface area contributed by atoms with Crippen LogP contribution in [0.1, 0.15) is 39.0 Å². The maximum Gasteiger partial charge on any atom is 0.191 e. The van der Waals surface area contributed by atoms with Crippen molar-refractivity contribution < 1.29 is 4.74 Å². The number of likely N-dealkylation sites (N-methyl/N-ethyl adjacent to an activating group) is 1. The van der Waals surface area contributed by atoms with Gasteiger partial charge in [0.25, 0.3) is 0 Å². The van der Waals surface area contributed by atoms with Crippen LogP contribution < -0.4 is 10.6 Å². The highest BCUT2D eigenvalue weighted by Gasteiger charge is 2.18. The quantitative estimate of drug-likeness (QED) is 0.234. The molecular weight excluding hydrogens is 429 g/mol. The zero-order valence-corrected chi connectivity index (χ0v) is 18.5. The van der Waals surface area contributed by atoms with Crippen molar-refractivity contribution in [1.82, 2.24) is 20.4 Å². The Hall–Kier alpha value is -0.120. The molecule has 0 radical (unpaired) electrons. The van der Waals surface area contributed by atoms with Crippen LogP contribution in [0.5, 0.6) is 0 Å². The minimum atomic E-state index is 0. The maximum atomic E-state index is 5.38. The molecule has 1 aliphatic carbocycles. The Bertz CT molecular complexity index is 357. The number of morpholine rings is 1. The largest absolute Gasteiger partial charge is 0.379 e. The number of ether oxygens (including phenoxy) is 1. The molecule has 2 aliphatic rings. The van der Waals surface area contributed by atoms with Crippen molar-refractivity contribution in [3.8, 4) is 0 Å². The summed E-state index contributed by atoms with van der Waals surface area (Å²) in [6, 6.07) is 0.792. The smallest absolute Gasteiger partial charge is 0.191 e. The van der Waals surface area contributed by atoms with Crippen LogP contribution in [0, 0.1) is 0 Å². The predicted molar refractivity (Wildman–Crippen MR) is 116 cm³/mol. The van der Waals surface area contributed by atoms with E-state index in [1.165, 1.54) is 25.7 Å². The molecule has 1 saturated carbocycles. The highest BCUT2D eigenvalue weighted by molar-refractivity contribution is 14.0. The van der Waals surface area contributed by atoms with Crippen LogP contribution in [0.15, 0.2) is 4.99 Å². The average molecular weight is 467 g/mol. The molecule has 2 N–H and O–H groups in total. The zero-order valence-electron chi connectivity index (χ0n) is 16.1. The summed E-state index contributed by atoms with van der Waals surface area (Å²) >= 11 is 0. The number of halogens is 1. The Morgan fingerprint density at radius 1 is 1.20 bits per heavy atom. The van der Waals surface area contributed by atoms with Crippen LogP contribution in [0.2, 0.25) is 0 Å². The number of hydrogen-bond acceptors (Lipinski definition) is 4. The molecule has 0 bridgehead atoms. The molecule has 1 aliphatic heterocycles. The Labute approximate surface area is 171 Å². The van der Waals surface area contributed by atoms with Crippen LogP contribution >= 0.6 is 24.0 Å². The van der Waals surface area contributed by atoms with Gasteiger partial charge in [-0.25, -0.2) is 0 Å². The standard InChI is InChI=1S/C18H37N5O.HI/c1-3-19-18(20-9-6-11-23-13-15-24-16-14-23)21-10-12-22(2)17-7-4-5-8-17;/h17H,3-16H2,1-2H3,(H2,19,20,21);1H. The third-order valence-electron chi connectivity index (χ3n) is 5.06. The van der Waals surface area contributed by atoms with Gasteiger partial charge in [0.05, 0.1) is 13.2 Å². The van der Waals surface area contributed by atoms with Crippen molar-refractivity contribution in [2.45, 2.75) is 45.1 Å². The number of nitrogens with zero attached hydrogens (tertiary/aromatic N) is 3. The van der Waals surface area contributed by atoms with Gasteiger partial charge < -0.3 is 20.3 Å². The fraction of sp³-hybridized carbons (Fsp3) is 0.944. The van der Waals surface area contributed by atoms with E-state index in [4.69, 9.17) is 9.73 Å². The van der Waals surface area contributed by atoms with Crippen molar-refractivity contribution in [3.63, 3.8) is 0 Å². The molecule has 0 aromatic rings. The first-order chi connectivity index (χ1) is 11.8. The lowest BCUT2D eigenvalue weighted by atomic mass is 10.2. The van der Waals surface area contributed by atoms with E-state index in [0.717, 1.165) is 77.4 Å². The van der Waals surface area contributed by atoms with Crippen LogP contribution in [-0.4, -0.2) is 87.9 Å². The monoisotopic (exact) mass is 467 g/mol. The van der Waals surface area contributed by atoms with Crippen LogP contribution in [0.25, 0.3) is 0 Å². The Kier molecular flexibility index (Phi) is 12.8. The van der Waals surface area contributed by atoms with Gasteiger partial charge in [-0.05, 0) is 33.2 Å². The van der Waals surface area contributed by atoms with Crippen molar-refractivity contribution in [1.29, 1.82) is 0 Å². The van der Waals surface area contributed by atoms with E-state index < -0.39 is 0 Å². The van der Waals surface area contributed by atoms with Crippen LogP contribution in [0.3, 0.4) is 0 Å². The molecule has 0 amide bonds. The second kappa shape index (κ2) is 14.0. The highest BCUT2D eigenvalue weighted by Crippen LogP contribution is 2.21. The van der Waals surface area contributed by atoms with Gasteiger partial charge in [0.15, 0.2) is 5.96 Å².